The average molecular weight is 709 g/mol. The van der Waals surface area contributed by atoms with Crippen LogP contribution in [0.5, 0.6) is 5.75 Å². The molecule has 0 spiro atoms. The third kappa shape index (κ3) is 11.5. The molecule has 2 rings (SSSR count). The summed E-state index contributed by atoms with van der Waals surface area (Å²) < 4.78 is 0. The predicted octanol–water partition coefficient (Wildman–Crippen LogP) is 3.41. The van der Waals surface area contributed by atoms with Gasteiger partial charge in [0.2, 0.25) is 23.6 Å². The number of halogens is 1. The number of benzene rings is 1. The molecule has 0 bridgehead atoms. The van der Waals surface area contributed by atoms with Crippen LogP contribution in [0, 0.1) is 11.8 Å². The van der Waals surface area contributed by atoms with Gasteiger partial charge in [-0.1, -0.05) is 67.3 Å². The summed E-state index contributed by atoms with van der Waals surface area (Å²) in [5, 5.41) is 31.7. The van der Waals surface area contributed by atoms with Crippen LogP contribution in [0.2, 0.25) is 0 Å². The Hall–Kier alpha value is -3.84. The Labute approximate surface area is 277 Å². The minimum absolute atomic E-state index is 0.00337. The molecule has 4 amide bonds. The van der Waals surface area contributed by atoms with Crippen molar-refractivity contribution < 1.29 is 34.2 Å². The number of nitrogens with one attached hydrogen (secondary N) is 3. The number of hydrogen-bond donors (Lipinski definition) is 5. The Kier molecular flexibility index (Phi) is 15.8. The zero-order valence-electron chi connectivity index (χ0n) is 26.8. The van der Waals surface area contributed by atoms with Crippen molar-refractivity contribution in [1.82, 2.24) is 20.9 Å². The molecule has 1 fully saturated rings. The molecule has 0 unspecified atom stereocenters. The first-order valence-corrected chi connectivity index (χ1v) is 16.8. The molecule has 0 saturated carbocycles. The number of rotatable bonds is 18. The molecule has 254 valence electrons. The number of phenolic OH excluding ortho intramolecular Hbond substituents is 1. The first-order chi connectivity index (χ1) is 21.8. The van der Waals surface area contributed by atoms with E-state index in [1.54, 1.807) is 19.1 Å². The lowest BCUT2D eigenvalue weighted by molar-refractivity contribution is -0.143. The highest BCUT2D eigenvalue weighted by molar-refractivity contribution is 9.09. The Balaban J connectivity index is 2.33. The number of hydrogen-bond acceptors (Lipinski definition) is 7. The molecule has 1 aromatic carbocycles. The van der Waals surface area contributed by atoms with Crippen LogP contribution in [-0.4, -0.2) is 86.8 Å². The summed E-state index contributed by atoms with van der Waals surface area (Å²) in [6.45, 7) is 7.56. The van der Waals surface area contributed by atoms with E-state index in [2.05, 4.69) is 41.9 Å². The van der Waals surface area contributed by atoms with Crippen LogP contribution in [0.3, 0.4) is 0 Å². The summed E-state index contributed by atoms with van der Waals surface area (Å²) in [6.07, 6.45) is 2.48. The fourth-order valence-corrected chi connectivity index (χ4v) is 5.64. The molecule has 0 aromatic heterocycles. The van der Waals surface area contributed by atoms with Gasteiger partial charge in [-0.2, -0.15) is 0 Å². The Bertz CT molecular complexity index is 1260. The summed E-state index contributed by atoms with van der Waals surface area (Å²) in [6, 6.07) is 0.822. The maximum Gasteiger partial charge on any atom is 0.326 e. The van der Waals surface area contributed by atoms with Crippen molar-refractivity contribution in [2.45, 2.75) is 103 Å². The van der Waals surface area contributed by atoms with Crippen LogP contribution in [0.25, 0.3) is 10.4 Å². The summed E-state index contributed by atoms with van der Waals surface area (Å²) in [5.74, 6) is -3.89. The van der Waals surface area contributed by atoms with Crippen molar-refractivity contribution in [3.05, 3.63) is 40.3 Å². The molecule has 15 heteroatoms. The van der Waals surface area contributed by atoms with Crippen LogP contribution in [0.15, 0.2) is 29.4 Å². The molecule has 0 aliphatic carbocycles. The van der Waals surface area contributed by atoms with Crippen molar-refractivity contribution in [2.24, 2.45) is 17.0 Å². The van der Waals surface area contributed by atoms with Gasteiger partial charge in [0.1, 0.15) is 36.0 Å². The minimum atomic E-state index is -1.18. The first-order valence-electron chi connectivity index (χ1n) is 15.6. The molecule has 0 radical (unpaired) electrons. The number of azide groups is 1. The average Bonchev–Trinajstić information content (AvgIpc) is 3.51. The highest BCUT2D eigenvalue weighted by atomic mass is 79.9. The van der Waals surface area contributed by atoms with Crippen molar-refractivity contribution >= 4 is 45.5 Å². The number of carbonyl (C=O) groups excluding carboxylic acids is 4. The topological polar surface area (TPSA) is 214 Å². The van der Waals surface area contributed by atoms with Crippen molar-refractivity contribution in [3.63, 3.8) is 0 Å². The zero-order chi connectivity index (χ0) is 34.4. The van der Waals surface area contributed by atoms with E-state index in [9.17, 15) is 34.2 Å². The number of carboxylic acid groups (broad SMARTS) is 1. The van der Waals surface area contributed by atoms with Gasteiger partial charge in [-0.15, -0.1) is 0 Å². The van der Waals surface area contributed by atoms with Crippen molar-refractivity contribution in [2.75, 3.05) is 11.9 Å². The van der Waals surface area contributed by atoms with Gasteiger partial charge < -0.3 is 31.1 Å². The number of phenols is 1. The van der Waals surface area contributed by atoms with Crippen molar-refractivity contribution in [3.8, 4) is 5.75 Å². The van der Waals surface area contributed by atoms with Gasteiger partial charge in [0, 0.05) is 23.2 Å². The van der Waals surface area contributed by atoms with Gasteiger partial charge in [0.05, 0.1) is 0 Å². The van der Waals surface area contributed by atoms with E-state index in [1.807, 2.05) is 20.8 Å². The number of likely N-dealkylation sites (tertiary alicyclic amines) is 1. The Morgan fingerprint density at radius 1 is 1.07 bits per heavy atom. The lowest BCUT2D eigenvalue weighted by atomic mass is 9.96. The highest BCUT2D eigenvalue weighted by Crippen LogP contribution is 2.22. The maximum atomic E-state index is 13.8. The minimum Gasteiger partial charge on any atom is -0.508 e. The molecular formula is C31H46BrN7O7. The quantitative estimate of drug-likeness (QED) is 0.0663. The number of nitrogens with zero attached hydrogens (tertiary/aromatic N) is 4. The molecule has 46 heavy (non-hydrogen) atoms. The fourth-order valence-electron chi connectivity index (χ4n) is 5.31. The molecule has 1 aliphatic rings. The normalized spacial score (nSPS) is 17.6. The number of amides is 4. The maximum absolute atomic E-state index is 13.8. The van der Waals surface area contributed by atoms with E-state index in [0.717, 1.165) is 0 Å². The monoisotopic (exact) mass is 707 g/mol. The number of aromatic hydroxyl groups is 1. The van der Waals surface area contributed by atoms with Crippen LogP contribution >= 0.6 is 15.9 Å². The Morgan fingerprint density at radius 2 is 1.74 bits per heavy atom. The van der Waals surface area contributed by atoms with Crippen molar-refractivity contribution in [1.29, 1.82) is 0 Å². The second kappa shape index (κ2) is 19.0. The van der Waals surface area contributed by atoms with E-state index < -0.39 is 59.8 Å². The van der Waals surface area contributed by atoms with E-state index in [4.69, 9.17) is 5.53 Å². The third-order valence-electron chi connectivity index (χ3n) is 8.05. The van der Waals surface area contributed by atoms with Gasteiger partial charge in [0.25, 0.3) is 0 Å². The molecule has 14 nitrogen and oxygen atoms in total. The zero-order valence-corrected chi connectivity index (χ0v) is 28.4. The number of carbonyl (C=O) groups is 5. The summed E-state index contributed by atoms with van der Waals surface area (Å²) in [7, 11) is 0. The molecule has 1 heterocycles. The van der Waals surface area contributed by atoms with Crippen LogP contribution in [-0.2, 0) is 30.4 Å². The summed E-state index contributed by atoms with van der Waals surface area (Å²) in [5.41, 5.74) is 9.61. The number of carboxylic acids is 1. The van der Waals surface area contributed by atoms with E-state index >= 15 is 0 Å². The SMILES string of the molecule is CC[C@H](C)[C@H](NC(=O)[C@H](Cc1ccc(O)cc1)NC(=O)[C@@H]1CCCN1C(=O)[C@H](CCCBr)N=[N+]=[N-])C(=O)N[C@@H](CC(C)C)C(=O)O. The largest absolute Gasteiger partial charge is 0.508 e. The van der Waals surface area contributed by atoms with E-state index in [0.29, 0.717) is 43.0 Å². The van der Waals surface area contributed by atoms with Gasteiger partial charge >= 0.3 is 5.97 Å². The molecule has 5 N–H and O–H groups in total. The van der Waals surface area contributed by atoms with Crippen LogP contribution in [0.1, 0.15) is 71.8 Å². The summed E-state index contributed by atoms with van der Waals surface area (Å²) >= 11 is 3.31. The second-order valence-corrected chi connectivity index (χ2v) is 12.9. The molecule has 1 aliphatic heterocycles. The Morgan fingerprint density at radius 3 is 2.30 bits per heavy atom. The number of aliphatic carboxylic acids is 1. The van der Waals surface area contributed by atoms with Gasteiger partial charge in [-0.3, -0.25) is 19.2 Å². The molecular weight excluding hydrogens is 662 g/mol. The first kappa shape index (κ1) is 38.3. The van der Waals surface area contributed by atoms with Crippen LogP contribution in [0.4, 0.5) is 0 Å². The summed E-state index contributed by atoms with van der Waals surface area (Å²) in [4.78, 5) is 70.1. The lowest BCUT2D eigenvalue weighted by Gasteiger charge is -2.30. The second-order valence-electron chi connectivity index (χ2n) is 12.1. The smallest absolute Gasteiger partial charge is 0.326 e. The lowest BCUT2D eigenvalue weighted by Crippen LogP contribution is -2.59. The van der Waals surface area contributed by atoms with E-state index in [-0.39, 0.29) is 37.0 Å². The molecule has 1 aromatic rings. The van der Waals surface area contributed by atoms with Gasteiger partial charge in [0.15, 0.2) is 0 Å². The third-order valence-corrected chi connectivity index (χ3v) is 8.61. The number of alkyl halides is 1. The highest BCUT2D eigenvalue weighted by Gasteiger charge is 2.39. The van der Waals surface area contributed by atoms with Gasteiger partial charge in [-0.25, -0.2) is 4.79 Å². The standard InChI is InChI=1S/C31H46BrN7O7/c1-5-19(4)26(29(43)35-24(31(45)46)16-18(2)3)36-27(41)23(17-20-10-12-21(40)13-11-20)34-28(42)25-9-7-15-39(25)30(44)22(37-38-33)8-6-14-32/h10-13,18-19,22-26,40H,5-9,14-17H2,1-4H3,(H,34,42)(H,35,43)(H,36,41)(H,45,46)/t19-,22-,23-,24-,25-,26-/m0/s1. The molecule has 6 atom stereocenters. The predicted molar refractivity (Wildman–Crippen MR) is 175 cm³/mol. The fraction of sp³-hybridized carbons (Fsp3) is 0.645. The molecule has 1 saturated heterocycles. The van der Waals surface area contributed by atoms with Gasteiger partial charge in [-0.05, 0) is 67.2 Å². The van der Waals surface area contributed by atoms with E-state index in [1.165, 1.54) is 17.0 Å². The van der Waals surface area contributed by atoms with Crippen LogP contribution < -0.4 is 16.0 Å².